The minimum atomic E-state index is 0.114. The standard InChI is InChI=1S/C17H29N3O/c1-17(2,3)19-11-15-10-18-8-7-16(15)20(4)12-14-6-5-9-21-13-14/h7-8,10,14,19H,5-6,9,11-13H2,1-4H3. The fourth-order valence-corrected chi connectivity index (χ4v) is 2.73. The molecule has 0 saturated carbocycles. The third-order valence-corrected chi connectivity index (χ3v) is 3.88. The molecule has 1 aromatic heterocycles. The number of hydrogen-bond acceptors (Lipinski definition) is 4. The van der Waals surface area contributed by atoms with Gasteiger partial charge in [0.25, 0.3) is 0 Å². The van der Waals surface area contributed by atoms with Gasteiger partial charge in [0, 0.05) is 55.9 Å². The quantitative estimate of drug-likeness (QED) is 0.905. The highest BCUT2D eigenvalue weighted by Gasteiger charge is 2.18. The van der Waals surface area contributed by atoms with E-state index >= 15 is 0 Å². The predicted molar refractivity (Wildman–Crippen MR) is 87.6 cm³/mol. The van der Waals surface area contributed by atoms with Gasteiger partial charge >= 0.3 is 0 Å². The van der Waals surface area contributed by atoms with E-state index in [9.17, 15) is 0 Å². The smallest absolute Gasteiger partial charge is 0.0511 e. The van der Waals surface area contributed by atoms with E-state index in [0.717, 1.165) is 26.3 Å². The predicted octanol–water partition coefficient (Wildman–Crippen LogP) is 2.83. The number of pyridine rings is 1. The van der Waals surface area contributed by atoms with E-state index in [4.69, 9.17) is 4.74 Å². The van der Waals surface area contributed by atoms with Crippen molar-refractivity contribution in [3.63, 3.8) is 0 Å². The zero-order valence-corrected chi connectivity index (χ0v) is 13.9. The molecule has 0 amide bonds. The van der Waals surface area contributed by atoms with Crippen molar-refractivity contribution in [2.24, 2.45) is 5.92 Å². The fraction of sp³-hybridized carbons (Fsp3) is 0.706. The Bertz CT molecular complexity index is 436. The Morgan fingerprint density at radius 1 is 1.43 bits per heavy atom. The molecule has 1 fully saturated rings. The van der Waals surface area contributed by atoms with E-state index in [2.05, 4.69) is 49.1 Å². The number of anilines is 1. The van der Waals surface area contributed by atoms with Crippen molar-refractivity contribution in [3.8, 4) is 0 Å². The zero-order chi connectivity index (χ0) is 15.3. The van der Waals surface area contributed by atoms with Crippen LogP contribution in [0.3, 0.4) is 0 Å². The summed E-state index contributed by atoms with van der Waals surface area (Å²) in [5.41, 5.74) is 2.64. The molecule has 1 aromatic rings. The summed E-state index contributed by atoms with van der Waals surface area (Å²) in [7, 11) is 2.17. The number of aromatic nitrogens is 1. The van der Waals surface area contributed by atoms with Crippen molar-refractivity contribution in [1.82, 2.24) is 10.3 Å². The highest BCUT2D eigenvalue weighted by Crippen LogP contribution is 2.22. The van der Waals surface area contributed by atoms with Gasteiger partial charge in [-0.3, -0.25) is 4.98 Å². The van der Waals surface area contributed by atoms with Crippen LogP contribution in [-0.2, 0) is 11.3 Å². The second-order valence-electron chi connectivity index (χ2n) is 7.07. The summed E-state index contributed by atoms with van der Waals surface area (Å²) in [6.45, 7) is 10.3. The van der Waals surface area contributed by atoms with Crippen molar-refractivity contribution >= 4 is 5.69 Å². The molecular formula is C17H29N3O. The largest absolute Gasteiger partial charge is 0.381 e. The Hall–Kier alpha value is -1.13. The van der Waals surface area contributed by atoms with E-state index in [1.165, 1.54) is 24.1 Å². The van der Waals surface area contributed by atoms with E-state index in [1.54, 1.807) is 0 Å². The Balaban J connectivity index is 2.00. The lowest BCUT2D eigenvalue weighted by Crippen LogP contribution is -2.36. The molecule has 4 nitrogen and oxygen atoms in total. The van der Waals surface area contributed by atoms with Crippen LogP contribution < -0.4 is 10.2 Å². The number of ether oxygens (including phenoxy) is 1. The van der Waals surface area contributed by atoms with Crippen molar-refractivity contribution < 1.29 is 4.74 Å². The summed E-state index contributed by atoms with van der Waals surface area (Å²) >= 11 is 0. The Morgan fingerprint density at radius 2 is 2.24 bits per heavy atom. The minimum Gasteiger partial charge on any atom is -0.381 e. The van der Waals surface area contributed by atoms with Crippen LogP contribution in [-0.4, -0.2) is 37.3 Å². The van der Waals surface area contributed by atoms with Gasteiger partial charge in [0.05, 0.1) is 6.61 Å². The van der Waals surface area contributed by atoms with E-state index in [1.807, 2.05) is 12.4 Å². The van der Waals surface area contributed by atoms with Crippen LogP contribution in [0.5, 0.6) is 0 Å². The zero-order valence-electron chi connectivity index (χ0n) is 13.9. The van der Waals surface area contributed by atoms with E-state index in [-0.39, 0.29) is 5.54 Å². The Kier molecular flexibility index (Phi) is 5.59. The summed E-state index contributed by atoms with van der Waals surface area (Å²) in [6.07, 6.45) is 6.31. The lowest BCUT2D eigenvalue weighted by molar-refractivity contribution is 0.0576. The first-order valence-electron chi connectivity index (χ1n) is 7.92. The second-order valence-corrected chi connectivity index (χ2v) is 7.07. The number of nitrogens with one attached hydrogen (secondary N) is 1. The van der Waals surface area contributed by atoms with Crippen LogP contribution in [0.15, 0.2) is 18.5 Å². The van der Waals surface area contributed by atoms with Gasteiger partial charge in [0.15, 0.2) is 0 Å². The number of hydrogen-bond donors (Lipinski definition) is 1. The molecule has 21 heavy (non-hydrogen) atoms. The molecule has 1 aliphatic rings. The fourth-order valence-electron chi connectivity index (χ4n) is 2.73. The maximum atomic E-state index is 5.59. The molecule has 118 valence electrons. The molecule has 1 aliphatic heterocycles. The number of nitrogens with zero attached hydrogens (tertiary/aromatic N) is 2. The van der Waals surface area contributed by atoms with Gasteiger partial charge in [0.2, 0.25) is 0 Å². The molecule has 2 heterocycles. The second kappa shape index (κ2) is 7.23. The molecule has 1 atom stereocenters. The molecule has 0 spiro atoms. The molecule has 0 bridgehead atoms. The van der Waals surface area contributed by atoms with Crippen LogP contribution in [0.1, 0.15) is 39.2 Å². The highest BCUT2D eigenvalue weighted by atomic mass is 16.5. The number of rotatable bonds is 5. The Labute approximate surface area is 128 Å². The summed E-state index contributed by atoms with van der Waals surface area (Å²) in [6, 6.07) is 2.11. The normalized spacial score (nSPS) is 19.5. The molecule has 1 saturated heterocycles. The molecule has 4 heteroatoms. The third kappa shape index (κ3) is 5.29. The van der Waals surface area contributed by atoms with E-state index < -0.39 is 0 Å². The summed E-state index contributed by atoms with van der Waals surface area (Å²) in [5, 5.41) is 3.55. The van der Waals surface area contributed by atoms with Crippen molar-refractivity contribution in [2.45, 2.75) is 45.7 Å². The lowest BCUT2D eigenvalue weighted by atomic mass is 10.0. The summed E-state index contributed by atoms with van der Waals surface area (Å²) in [5.74, 6) is 0.639. The first-order chi connectivity index (χ1) is 9.96. The van der Waals surface area contributed by atoms with Gasteiger partial charge in [-0.1, -0.05) is 0 Å². The van der Waals surface area contributed by atoms with E-state index in [0.29, 0.717) is 5.92 Å². The van der Waals surface area contributed by atoms with Gasteiger partial charge in [-0.05, 0) is 45.6 Å². The van der Waals surface area contributed by atoms with Crippen LogP contribution >= 0.6 is 0 Å². The Morgan fingerprint density at radius 3 is 2.90 bits per heavy atom. The molecule has 1 N–H and O–H groups in total. The maximum absolute atomic E-state index is 5.59. The molecule has 0 aromatic carbocycles. The minimum absolute atomic E-state index is 0.114. The average Bonchev–Trinajstić information content (AvgIpc) is 2.46. The van der Waals surface area contributed by atoms with Gasteiger partial charge in [-0.2, -0.15) is 0 Å². The van der Waals surface area contributed by atoms with Gasteiger partial charge in [-0.15, -0.1) is 0 Å². The average molecular weight is 291 g/mol. The monoisotopic (exact) mass is 291 g/mol. The maximum Gasteiger partial charge on any atom is 0.0511 e. The SMILES string of the molecule is CN(CC1CCCOC1)c1ccncc1CNC(C)(C)C. The first-order valence-corrected chi connectivity index (χ1v) is 7.92. The van der Waals surface area contributed by atoms with Crippen LogP contribution in [0.25, 0.3) is 0 Å². The van der Waals surface area contributed by atoms with Gasteiger partial charge < -0.3 is 15.0 Å². The summed E-state index contributed by atoms with van der Waals surface area (Å²) in [4.78, 5) is 6.63. The van der Waals surface area contributed by atoms with Gasteiger partial charge in [0.1, 0.15) is 0 Å². The van der Waals surface area contributed by atoms with Crippen LogP contribution in [0.2, 0.25) is 0 Å². The molecule has 0 radical (unpaired) electrons. The third-order valence-electron chi connectivity index (χ3n) is 3.88. The molecule has 2 rings (SSSR count). The molecule has 0 aliphatic carbocycles. The lowest BCUT2D eigenvalue weighted by Gasteiger charge is -2.30. The van der Waals surface area contributed by atoms with Crippen molar-refractivity contribution in [1.29, 1.82) is 0 Å². The van der Waals surface area contributed by atoms with Crippen LogP contribution in [0, 0.1) is 5.92 Å². The molecular weight excluding hydrogens is 262 g/mol. The van der Waals surface area contributed by atoms with Gasteiger partial charge in [-0.25, -0.2) is 0 Å². The highest BCUT2D eigenvalue weighted by molar-refractivity contribution is 5.51. The summed E-state index contributed by atoms with van der Waals surface area (Å²) < 4.78 is 5.59. The van der Waals surface area contributed by atoms with Crippen LogP contribution in [0.4, 0.5) is 5.69 Å². The van der Waals surface area contributed by atoms with Crippen molar-refractivity contribution in [3.05, 3.63) is 24.0 Å². The molecule has 1 unspecified atom stereocenters. The van der Waals surface area contributed by atoms with Crippen molar-refractivity contribution in [2.75, 3.05) is 31.7 Å². The topological polar surface area (TPSA) is 37.4 Å². The first kappa shape index (κ1) is 16.2.